The SMILES string of the molecule is ClC1(Cl)C=CCCCCC1. The van der Waals surface area contributed by atoms with Crippen LogP contribution in [0.4, 0.5) is 0 Å². The van der Waals surface area contributed by atoms with Gasteiger partial charge in [-0.2, -0.15) is 0 Å². The third-order valence-electron chi connectivity index (χ3n) is 1.74. The highest BCUT2D eigenvalue weighted by Crippen LogP contribution is 2.31. The zero-order chi connectivity index (χ0) is 7.45. The van der Waals surface area contributed by atoms with E-state index < -0.39 is 4.33 Å². The zero-order valence-corrected chi connectivity index (χ0v) is 7.46. The molecular formula is C8H12Cl2. The van der Waals surface area contributed by atoms with E-state index in [1.54, 1.807) is 0 Å². The summed E-state index contributed by atoms with van der Waals surface area (Å²) < 4.78 is -0.583. The predicted molar refractivity (Wildman–Crippen MR) is 46.7 cm³/mol. The average Bonchev–Trinajstić information content (AvgIpc) is 1.81. The second-order valence-corrected chi connectivity index (χ2v) is 4.31. The van der Waals surface area contributed by atoms with Crippen molar-refractivity contribution >= 4 is 23.2 Å². The van der Waals surface area contributed by atoms with Crippen LogP contribution >= 0.6 is 23.2 Å². The number of halogens is 2. The molecule has 0 aromatic carbocycles. The van der Waals surface area contributed by atoms with Gasteiger partial charge in [0.2, 0.25) is 0 Å². The summed E-state index contributed by atoms with van der Waals surface area (Å²) in [5.41, 5.74) is 0. The highest BCUT2D eigenvalue weighted by molar-refractivity contribution is 6.49. The van der Waals surface area contributed by atoms with Crippen LogP contribution in [0.2, 0.25) is 0 Å². The Morgan fingerprint density at radius 1 is 1.10 bits per heavy atom. The summed E-state index contributed by atoms with van der Waals surface area (Å²) in [6.07, 6.45) is 9.70. The summed E-state index contributed by atoms with van der Waals surface area (Å²) in [4.78, 5) is 0. The Morgan fingerprint density at radius 2 is 1.90 bits per heavy atom. The number of alkyl halides is 2. The Morgan fingerprint density at radius 3 is 2.70 bits per heavy atom. The van der Waals surface area contributed by atoms with Crippen LogP contribution in [0.5, 0.6) is 0 Å². The first-order valence-electron chi connectivity index (χ1n) is 3.76. The van der Waals surface area contributed by atoms with Crippen LogP contribution in [0.15, 0.2) is 12.2 Å². The number of hydrogen-bond acceptors (Lipinski definition) is 0. The summed E-state index contributed by atoms with van der Waals surface area (Å²) in [5, 5.41) is 0. The molecule has 0 bridgehead atoms. The molecule has 10 heavy (non-hydrogen) atoms. The molecule has 0 aromatic rings. The molecule has 0 amide bonds. The molecule has 0 fully saturated rings. The maximum absolute atomic E-state index is 5.93. The third-order valence-corrected chi connectivity index (χ3v) is 2.37. The van der Waals surface area contributed by atoms with Crippen molar-refractivity contribution in [2.75, 3.05) is 0 Å². The first-order chi connectivity index (χ1) is 4.71. The van der Waals surface area contributed by atoms with E-state index in [4.69, 9.17) is 23.2 Å². The largest absolute Gasteiger partial charge is 0.136 e. The lowest BCUT2D eigenvalue weighted by atomic mass is 10.1. The van der Waals surface area contributed by atoms with Gasteiger partial charge >= 0.3 is 0 Å². The van der Waals surface area contributed by atoms with Crippen molar-refractivity contribution in [3.8, 4) is 0 Å². The molecule has 0 aromatic heterocycles. The van der Waals surface area contributed by atoms with E-state index in [-0.39, 0.29) is 0 Å². The van der Waals surface area contributed by atoms with E-state index >= 15 is 0 Å². The van der Waals surface area contributed by atoms with Crippen molar-refractivity contribution in [1.82, 2.24) is 0 Å². The summed E-state index contributed by atoms with van der Waals surface area (Å²) >= 11 is 11.9. The van der Waals surface area contributed by atoms with Crippen LogP contribution in [0.3, 0.4) is 0 Å². The molecule has 58 valence electrons. The van der Waals surface area contributed by atoms with Crippen LogP contribution in [-0.2, 0) is 0 Å². The third kappa shape index (κ3) is 2.94. The molecule has 0 saturated heterocycles. The quantitative estimate of drug-likeness (QED) is 0.393. The topological polar surface area (TPSA) is 0 Å². The van der Waals surface area contributed by atoms with Gasteiger partial charge in [0.1, 0.15) is 4.33 Å². The number of rotatable bonds is 0. The van der Waals surface area contributed by atoms with Crippen LogP contribution < -0.4 is 0 Å². The van der Waals surface area contributed by atoms with Gasteiger partial charge in [-0.25, -0.2) is 0 Å². The fraction of sp³-hybridized carbons (Fsp3) is 0.750. The fourth-order valence-corrected chi connectivity index (χ4v) is 1.58. The zero-order valence-electron chi connectivity index (χ0n) is 5.95. The highest BCUT2D eigenvalue weighted by Gasteiger charge is 2.19. The summed E-state index contributed by atoms with van der Waals surface area (Å²) in [6.45, 7) is 0. The van der Waals surface area contributed by atoms with Crippen LogP contribution in [0, 0.1) is 0 Å². The molecule has 0 spiro atoms. The van der Waals surface area contributed by atoms with Gasteiger partial charge in [0, 0.05) is 0 Å². The minimum absolute atomic E-state index is 0.583. The minimum atomic E-state index is -0.583. The molecule has 0 atom stereocenters. The first kappa shape index (κ1) is 8.42. The lowest BCUT2D eigenvalue weighted by molar-refractivity contribution is 0.623. The molecule has 0 aliphatic heterocycles. The van der Waals surface area contributed by atoms with Crippen molar-refractivity contribution in [3.63, 3.8) is 0 Å². The molecule has 1 aliphatic rings. The Bertz CT molecular complexity index is 127. The van der Waals surface area contributed by atoms with E-state index in [0.717, 1.165) is 19.3 Å². The molecule has 2 heteroatoms. The van der Waals surface area contributed by atoms with E-state index in [0.29, 0.717) is 0 Å². The van der Waals surface area contributed by atoms with Gasteiger partial charge < -0.3 is 0 Å². The minimum Gasteiger partial charge on any atom is -0.0970 e. The lowest BCUT2D eigenvalue weighted by Crippen LogP contribution is -2.09. The standard InChI is InChI=1S/C8H12Cl2/c9-8(10)6-4-2-1-3-5-7-8/h4,6H,1-3,5,7H2. The van der Waals surface area contributed by atoms with Gasteiger partial charge in [-0.1, -0.05) is 48.2 Å². The Labute approximate surface area is 72.2 Å². The Kier molecular flexibility index (Phi) is 3.06. The van der Waals surface area contributed by atoms with Gasteiger partial charge in [0.25, 0.3) is 0 Å². The number of hydrogen-bond donors (Lipinski definition) is 0. The van der Waals surface area contributed by atoms with Crippen molar-refractivity contribution < 1.29 is 0 Å². The molecule has 0 nitrogen and oxygen atoms in total. The number of allylic oxidation sites excluding steroid dienone is 2. The summed E-state index contributed by atoms with van der Waals surface area (Å²) in [7, 11) is 0. The molecule has 0 radical (unpaired) electrons. The van der Waals surface area contributed by atoms with Crippen LogP contribution in [0.1, 0.15) is 32.1 Å². The van der Waals surface area contributed by atoms with Gasteiger partial charge in [-0.3, -0.25) is 0 Å². The Hall–Kier alpha value is 0.320. The van der Waals surface area contributed by atoms with Crippen LogP contribution in [-0.4, -0.2) is 4.33 Å². The van der Waals surface area contributed by atoms with E-state index in [1.807, 2.05) is 6.08 Å². The van der Waals surface area contributed by atoms with Gasteiger partial charge in [0.15, 0.2) is 0 Å². The highest BCUT2D eigenvalue weighted by atomic mass is 35.5. The van der Waals surface area contributed by atoms with E-state index in [1.165, 1.54) is 12.8 Å². The molecule has 0 unspecified atom stereocenters. The average molecular weight is 179 g/mol. The maximum atomic E-state index is 5.93. The van der Waals surface area contributed by atoms with Crippen molar-refractivity contribution in [2.45, 2.75) is 36.4 Å². The second kappa shape index (κ2) is 3.64. The van der Waals surface area contributed by atoms with Gasteiger partial charge in [-0.15, -0.1) is 0 Å². The lowest BCUT2D eigenvalue weighted by Gasteiger charge is -2.16. The second-order valence-electron chi connectivity index (χ2n) is 2.76. The maximum Gasteiger partial charge on any atom is 0.136 e. The summed E-state index contributed by atoms with van der Waals surface area (Å²) in [5.74, 6) is 0. The molecule has 1 rings (SSSR count). The van der Waals surface area contributed by atoms with Crippen molar-refractivity contribution in [2.24, 2.45) is 0 Å². The van der Waals surface area contributed by atoms with Gasteiger partial charge in [-0.05, 0) is 19.3 Å². The predicted octanol–water partition coefficient (Wildman–Crippen LogP) is 3.68. The first-order valence-corrected chi connectivity index (χ1v) is 4.52. The summed E-state index contributed by atoms with van der Waals surface area (Å²) in [6, 6.07) is 0. The fourth-order valence-electron chi connectivity index (χ4n) is 1.14. The Balaban J connectivity index is 2.49. The molecular weight excluding hydrogens is 167 g/mol. The van der Waals surface area contributed by atoms with Crippen LogP contribution in [0.25, 0.3) is 0 Å². The van der Waals surface area contributed by atoms with Crippen molar-refractivity contribution in [1.29, 1.82) is 0 Å². The molecule has 0 N–H and O–H groups in total. The van der Waals surface area contributed by atoms with Gasteiger partial charge in [0.05, 0.1) is 0 Å². The molecule has 0 heterocycles. The van der Waals surface area contributed by atoms with E-state index in [9.17, 15) is 0 Å². The van der Waals surface area contributed by atoms with E-state index in [2.05, 4.69) is 6.08 Å². The van der Waals surface area contributed by atoms with Crippen molar-refractivity contribution in [3.05, 3.63) is 12.2 Å². The smallest absolute Gasteiger partial charge is 0.0970 e. The monoisotopic (exact) mass is 178 g/mol. The molecule has 1 aliphatic carbocycles. The normalized spacial score (nSPS) is 25.4. The molecule has 0 saturated carbocycles.